The zero-order chi connectivity index (χ0) is 19.2. The van der Waals surface area contributed by atoms with Crippen molar-refractivity contribution < 1.29 is 4.74 Å². The van der Waals surface area contributed by atoms with E-state index in [2.05, 4.69) is 74.9 Å². The fourth-order valence-corrected chi connectivity index (χ4v) is 3.76. The van der Waals surface area contributed by atoms with Gasteiger partial charge < -0.3 is 15.0 Å². The second-order valence-electron chi connectivity index (χ2n) is 6.81. The van der Waals surface area contributed by atoms with Crippen LogP contribution in [0.25, 0.3) is 10.9 Å². The Hall–Kier alpha value is -2.27. The molecule has 4 rings (SSSR count). The molecule has 0 saturated carbocycles. The Balaban J connectivity index is 0.00000240. The number of benzene rings is 3. The molecule has 0 unspecified atom stereocenters. The Labute approximate surface area is 186 Å². The normalized spacial score (nSPS) is 10.7. The van der Waals surface area contributed by atoms with Crippen LogP contribution >= 0.6 is 28.3 Å². The molecule has 0 radical (unpaired) electrons. The molecule has 5 heteroatoms. The Morgan fingerprint density at radius 1 is 0.897 bits per heavy atom. The summed E-state index contributed by atoms with van der Waals surface area (Å²) in [6, 6.07) is 24.9. The van der Waals surface area contributed by atoms with E-state index in [1.807, 2.05) is 30.3 Å². The average molecular weight is 472 g/mol. The first kappa shape index (κ1) is 21.4. The first-order valence-electron chi connectivity index (χ1n) is 9.50. The van der Waals surface area contributed by atoms with Crippen LogP contribution < -0.4 is 10.1 Å². The molecule has 0 saturated heterocycles. The highest BCUT2D eigenvalue weighted by Crippen LogP contribution is 2.24. The lowest BCUT2D eigenvalue weighted by atomic mass is 10.1. The number of halogens is 2. The molecule has 0 fully saturated rings. The van der Waals surface area contributed by atoms with Gasteiger partial charge in [0.2, 0.25) is 0 Å². The minimum Gasteiger partial charge on any atom is -0.489 e. The SMILES string of the molecule is Brc1ccc(OCc2ccccc2)c(CNCCc2c[nH]c3ccccc23)c1.Cl. The van der Waals surface area contributed by atoms with Gasteiger partial charge in [-0.15, -0.1) is 12.4 Å². The number of aromatic nitrogens is 1. The highest BCUT2D eigenvalue weighted by atomic mass is 79.9. The van der Waals surface area contributed by atoms with E-state index in [4.69, 9.17) is 4.74 Å². The van der Waals surface area contributed by atoms with Crippen LogP contribution in [0, 0.1) is 0 Å². The Bertz CT molecular complexity index is 1050. The topological polar surface area (TPSA) is 37.0 Å². The fourth-order valence-electron chi connectivity index (χ4n) is 3.35. The van der Waals surface area contributed by atoms with Gasteiger partial charge in [-0.3, -0.25) is 0 Å². The molecule has 4 aromatic rings. The van der Waals surface area contributed by atoms with Crippen LogP contribution in [0.4, 0.5) is 0 Å². The smallest absolute Gasteiger partial charge is 0.124 e. The molecule has 3 aromatic carbocycles. The molecule has 0 aliphatic heterocycles. The lowest BCUT2D eigenvalue weighted by Gasteiger charge is -2.13. The number of fused-ring (bicyclic) bond motifs is 1. The Morgan fingerprint density at radius 2 is 1.69 bits per heavy atom. The van der Waals surface area contributed by atoms with E-state index in [0.717, 1.165) is 35.3 Å². The van der Waals surface area contributed by atoms with Gasteiger partial charge in [0.1, 0.15) is 12.4 Å². The van der Waals surface area contributed by atoms with Gasteiger partial charge in [-0.05, 0) is 48.4 Å². The van der Waals surface area contributed by atoms with E-state index >= 15 is 0 Å². The Kier molecular flexibility index (Phi) is 7.76. The van der Waals surface area contributed by atoms with E-state index < -0.39 is 0 Å². The van der Waals surface area contributed by atoms with Crippen molar-refractivity contribution in [2.24, 2.45) is 0 Å². The zero-order valence-corrected chi connectivity index (χ0v) is 18.4. The molecule has 0 amide bonds. The molecular weight excluding hydrogens is 448 g/mol. The van der Waals surface area contributed by atoms with Gasteiger partial charge in [0.25, 0.3) is 0 Å². The molecule has 0 bridgehead atoms. The summed E-state index contributed by atoms with van der Waals surface area (Å²) in [4.78, 5) is 3.34. The summed E-state index contributed by atoms with van der Waals surface area (Å²) in [6.07, 6.45) is 3.10. The van der Waals surface area contributed by atoms with Gasteiger partial charge in [-0.1, -0.05) is 64.5 Å². The molecule has 0 atom stereocenters. The number of hydrogen-bond acceptors (Lipinski definition) is 2. The van der Waals surface area contributed by atoms with Gasteiger partial charge in [0.05, 0.1) is 0 Å². The quantitative estimate of drug-likeness (QED) is 0.297. The molecular formula is C24H24BrClN2O. The van der Waals surface area contributed by atoms with Crippen LogP contribution in [-0.2, 0) is 19.6 Å². The molecule has 0 spiro atoms. The van der Waals surface area contributed by atoms with Crippen molar-refractivity contribution in [2.45, 2.75) is 19.6 Å². The van der Waals surface area contributed by atoms with E-state index in [1.54, 1.807) is 0 Å². The summed E-state index contributed by atoms with van der Waals surface area (Å²) in [5.41, 5.74) is 4.87. The van der Waals surface area contributed by atoms with Crippen molar-refractivity contribution in [3.8, 4) is 5.75 Å². The van der Waals surface area contributed by atoms with E-state index in [9.17, 15) is 0 Å². The predicted molar refractivity (Wildman–Crippen MR) is 126 cm³/mol. The summed E-state index contributed by atoms with van der Waals surface area (Å²) in [5, 5.41) is 4.86. The third-order valence-corrected chi connectivity index (χ3v) is 5.31. The summed E-state index contributed by atoms with van der Waals surface area (Å²) >= 11 is 3.57. The minimum atomic E-state index is 0. The van der Waals surface area contributed by atoms with Crippen molar-refractivity contribution in [3.63, 3.8) is 0 Å². The first-order valence-corrected chi connectivity index (χ1v) is 10.3. The van der Waals surface area contributed by atoms with Gasteiger partial charge in [-0.25, -0.2) is 0 Å². The molecule has 1 aromatic heterocycles. The molecule has 2 N–H and O–H groups in total. The second-order valence-corrected chi connectivity index (χ2v) is 7.73. The molecule has 150 valence electrons. The van der Waals surface area contributed by atoms with Crippen LogP contribution in [0.5, 0.6) is 5.75 Å². The molecule has 0 aliphatic carbocycles. The fraction of sp³-hybridized carbons (Fsp3) is 0.167. The van der Waals surface area contributed by atoms with Crippen LogP contribution in [0.1, 0.15) is 16.7 Å². The molecule has 0 aliphatic rings. The summed E-state index contributed by atoms with van der Waals surface area (Å²) in [6.45, 7) is 2.25. The number of aromatic amines is 1. The largest absolute Gasteiger partial charge is 0.489 e. The number of para-hydroxylation sites is 1. The van der Waals surface area contributed by atoms with Crippen molar-refractivity contribution in [3.05, 3.63) is 100 Å². The third-order valence-electron chi connectivity index (χ3n) is 4.82. The number of ether oxygens (including phenoxy) is 1. The zero-order valence-electron chi connectivity index (χ0n) is 16.0. The number of hydrogen-bond donors (Lipinski definition) is 2. The molecule has 29 heavy (non-hydrogen) atoms. The number of nitrogens with one attached hydrogen (secondary N) is 2. The van der Waals surface area contributed by atoms with Gasteiger partial charge >= 0.3 is 0 Å². The van der Waals surface area contributed by atoms with Crippen molar-refractivity contribution in [1.29, 1.82) is 0 Å². The lowest BCUT2D eigenvalue weighted by Crippen LogP contribution is -2.17. The Morgan fingerprint density at radius 3 is 2.55 bits per heavy atom. The summed E-state index contributed by atoms with van der Waals surface area (Å²) in [5.74, 6) is 0.923. The maximum atomic E-state index is 6.07. The van der Waals surface area contributed by atoms with Crippen LogP contribution in [-0.4, -0.2) is 11.5 Å². The summed E-state index contributed by atoms with van der Waals surface area (Å²) < 4.78 is 7.14. The monoisotopic (exact) mass is 470 g/mol. The van der Waals surface area contributed by atoms with Crippen molar-refractivity contribution in [2.75, 3.05) is 6.54 Å². The third kappa shape index (κ3) is 5.63. The standard InChI is InChI=1S/C24H23BrN2O.ClH/c25-21-10-11-24(28-17-18-6-2-1-3-7-18)20(14-21)15-26-13-12-19-16-27-23-9-5-4-8-22(19)23;/h1-11,14,16,26-27H,12-13,15,17H2;1H. The molecule has 3 nitrogen and oxygen atoms in total. The van der Waals surface area contributed by atoms with Crippen molar-refractivity contribution in [1.82, 2.24) is 10.3 Å². The summed E-state index contributed by atoms with van der Waals surface area (Å²) in [7, 11) is 0. The van der Waals surface area contributed by atoms with Gasteiger partial charge in [0, 0.05) is 33.7 Å². The van der Waals surface area contributed by atoms with Gasteiger partial charge in [-0.2, -0.15) is 0 Å². The number of H-pyrrole nitrogens is 1. The van der Waals surface area contributed by atoms with E-state index in [1.165, 1.54) is 22.0 Å². The van der Waals surface area contributed by atoms with Crippen LogP contribution in [0.2, 0.25) is 0 Å². The number of rotatable bonds is 8. The van der Waals surface area contributed by atoms with Crippen molar-refractivity contribution >= 4 is 39.2 Å². The predicted octanol–water partition coefficient (Wildman–Crippen LogP) is 6.26. The first-order chi connectivity index (χ1) is 13.8. The highest BCUT2D eigenvalue weighted by Gasteiger charge is 2.07. The van der Waals surface area contributed by atoms with E-state index in [0.29, 0.717) is 6.61 Å². The maximum absolute atomic E-state index is 6.07. The average Bonchev–Trinajstić information content (AvgIpc) is 3.14. The highest BCUT2D eigenvalue weighted by molar-refractivity contribution is 9.10. The molecule has 1 heterocycles. The van der Waals surface area contributed by atoms with Crippen LogP contribution in [0.15, 0.2) is 83.5 Å². The minimum absolute atomic E-state index is 0. The van der Waals surface area contributed by atoms with E-state index in [-0.39, 0.29) is 12.4 Å². The van der Waals surface area contributed by atoms with Crippen LogP contribution in [0.3, 0.4) is 0 Å². The lowest BCUT2D eigenvalue weighted by molar-refractivity contribution is 0.302. The van der Waals surface area contributed by atoms with Gasteiger partial charge in [0.15, 0.2) is 0 Å². The maximum Gasteiger partial charge on any atom is 0.124 e. The second kappa shape index (κ2) is 10.5.